The summed E-state index contributed by atoms with van der Waals surface area (Å²) in [6, 6.07) is 0. The van der Waals surface area contributed by atoms with E-state index in [2.05, 4.69) is 5.32 Å². The van der Waals surface area contributed by atoms with Gasteiger partial charge in [0.15, 0.2) is 0 Å². The van der Waals surface area contributed by atoms with Gasteiger partial charge >= 0.3 is 12.3 Å². The molecular formula is C20H37Cl2F3N6O5. The van der Waals surface area contributed by atoms with Crippen LogP contribution < -0.4 is 28.3 Å². The Hall–Kier alpha value is -1.87. The summed E-state index contributed by atoms with van der Waals surface area (Å²) in [4.78, 5) is 43.9. The third-order valence-electron chi connectivity index (χ3n) is 4.92. The van der Waals surface area contributed by atoms with Gasteiger partial charge in [-0.25, -0.2) is 4.79 Å². The Balaban J connectivity index is 0. The van der Waals surface area contributed by atoms with Crippen molar-refractivity contribution >= 4 is 47.4 Å². The zero-order valence-corrected chi connectivity index (χ0v) is 22.1. The number of carbonyl (C=O) groups is 4. The van der Waals surface area contributed by atoms with Crippen LogP contribution in [0, 0.1) is 0 Å². The second-order valence-corrected chi connectivity index (χ2v) is 9.83. The Morgan fingerprint density at radius 3 is 1.53 bits per heavy atom. The minimum atomic E-state index is -4.64. The molecule has 2 fully saturated rings. The highest BCUT2D eigenvalue weighted by Gasteiger charge is 2.38. The summed E-state index contributed by atoms with van der Waals surface area (Å²) in [5, 5.41) is 3.30. The van der Waals surface area contributed by atoms with Crippen LogP contribution in [0.2, 0.25) is 0 Å². The zero-order chi connectivity index (χ0) is 28.8. The smallest absolute Gasteiger partial charge is 0.444 e. The van der Waals surface area contributed by atoms with Crippen LogP contribution in [0.15, 0.2) is 0 Å². The molecule has 0 aromatic rings. The number of nitrogens with one attached hydrogen (secondary N) is 1. The molecule has 2 saturated heterocycles. The summed E-state index contributed by atoms with van der Waals surface area (Å²) in [5.74, 6) is -0.893. The molecule has 11 nitrogen and oxygen atoms in total. The molecule has 2 heterocycles. The van der Waals surface area contributed by atoms with Crippen LogP contribution in [-0.4, -0.2) is 83.5 Å². The number of hydrogen-bond donors (Lipinski definition) is 5. The number of primary amides is 2. The zero-order valence-electron chi connectivity index (χ0n) is 20.6. The lowest BCUT2D eigenvalue weighted by molar-refractivity contribution is -0.156. The fourth-order valence-corrected chi connectivity index (χ4v) is 2.78. The number of halogens is 5. The van der Waals surface area contributed by atoms with Gasteiger partial charge in [0.25, 0.3) is 0 Å². The van der Waals surface area contributed by atoms with Crippen LogP contribution in [0.1, 0.15) is 46.5 Å². The Kier molecular flexibility index (Phi) is 16.2. The highest BCUT2D eigenvalue weighted by atomic mass is 35.5. The van der Waals surface area contributed by atoms with E-state index in [0.29, 0.717) is 38.8 Å². The quantitative estimate of drug-likeness (QED) is 0.239. The van der Waals surface area contributed by atoms with Gasteiger partial charge in [0.1, 0.15) is 5.60 Å². The summed E-state index contributed by atoms with van der Waals surface area (Å²) < 4.78 is 36.5. The van der Waals surface area contributed by atoms with Crippen molar-refractivity contribution in [2.75, 3.05) is 31.5 Å². The number of alkyl halides is 5. The highest BCUT2D eigenvalue weighted by Crippen LogP contribution is 2.21. The monoisotopic (exact) mass is 568 g/mol. The molecular weight excluding hydrogens is 532 g/mol. The van der Waals surface area contributed by atoms with Gasteiger partial charge in [-0.05, 0) is 59.5 Å². The molecule has 2 rings (SSSR count). The van der Waals surface area contributed by atoms with Crippen LogP contribution in [0.5, 0.6) is 0 Å². The fraction of sp³-hybridized carbons (Fsp3) is 0.800. The van der Waals surface area contributed by atoms with Crippen molar-refractivity contribution in [1.82, 2.24) is 10.2 Å². The third kappa shape index (κ3) is 16.0. The standard InChI is InChI=1S/C11H21N3O3.C6H13N3O.C2HF3O.CH2Cl2/c1-10(2,3)17-9(16)14-6-4-11(13,5-7-14)8(12)15;7-5(10)6(8)1-3-9-4-2-6;3-2(4,5)1-6;2-1-3/h4-7,13H2,1-3H3,(H2,12,15);9H,1-4,8H2,(H2,7,10);1H;1H2. The van der Waals surface area contributed by atoms with E-state index in [4.69, 9.17) is 55.7 Å². The van der Waals surface area contributed by atoms with Gasteiger partial charge in [-0.15, -0.1) is 23.2 Å². The van der Waals surface area contributed by atoms with Crippen molar-refractivity contribution in [2.24, 2.45) is 22.9 Å². The van der Waals surface area contributed by atoms with Gasteiger partial charge in [0.2, 0.25) is 18.1 Å². The van der Waals surface area contributed by atoms with E-state index in [0.717, 1.165) is 13.1 Å². The highest BCUT2D eigenvalue weighted by molar-refractivity contribution is 6.40. The number of nitrogens with two attached hydrogens (primary N) is 4. The largest absolute Gasteiger partial charge is 0.446 e. The van der Waals surface area contributed by atoms with Crippen molar-refractivity contribution in [3.63, 3.8) is 0 Å². The molecule has 0 aliphatic carbocycles. The number of aldehydes is 1. The van der Waals surface area contributed by atoms with Crippen LogP contribution in [0.3, 0.4) is 0 Å². The molecule has 9 N–H and O–H groups in total. The number of amides is 3. The van der Waals surface area contributed by atoms with Gasteiger partial charge in [-0.3, -0.25) is 14.4 Å². The maximum Gasteiger partial charge on any atom is 0.446 e. The van der Waals surface area contributed by atoms with E-state index in [-0.39, 0.29) is 17.3 Å². The van der Waals surface area contributed by atoms with Gasteiger partial charge < -0.3 is 37.9 Å². The van der Waals surface area contributed by atoms with Crippen LogP contribution in [-0.2, 0) is 19.1 Å². The number of rotatable bonds is 2. The van der Waals surface area contributed by atoms with Gasteiger partial charge in [0.05, 0.1) is 16.4 Å². The van der Waals surface area contributed by atoms with E-state index in [1.807, 2.05) is 20.8 Å². The fourth-order valence-electron chi connectivity index (χ4n) is 2.78. The SMILES string of the molecule is CC(C)(C)OC(=O)N1CCC(N)(C(N)=O)CC1.ClCCl.NC(=O)C1(N)CCNCC1.O=CC(F)(F)F. The number of ether oxygens (including phenoxy) is 1. The second-order valence-electron chi connectivity index (χ2n) is 9.02. The average Bonchev–Trinajstić information content (AvgIpc) is 2.74. The van der Waals surface area contributed by atoms with Crippen molar-refractivity contribution in [3.05, 3.63) is 0 Å². The number of nitrogens with zero attached hydrogens (tertiary/aromatic N) is 1. The molecule has 0 radical (unpaired) electrons. The van der Waals surface area contributed by atoms with E-state index in [1.165, 1.54) is 0 Å². The first kappa shape index (κ1) is 36.3. The lowest BCUT2D eigenvalue weighted by atomic mass is 9.88. The normalized spacial score (nSPS) is 18.4. The molecule has 0 saturated carbocycles. The molecule has 0 aromatic heterocycles. The maximum absolute atomic E-state index is 11.7. The molecule has 3 amide bonds. The first-order chi connectivity index (χ1) is 16.3. The number of piperidine rings is 2. The molecule has 0 atom stereocenters. The molecule has 2 aliphatic heterocycles. The second kappa shape index (κ2) is 16.1. The van der Waals surface area contributed by atoms with Gasteiger partial charge in [-0.2, -0.15) is 13.2 Å². The summed E-state index contributed by atoms with van der Waals surface area (Å²) in [7, 11) is 0. The summed E-state index contributed by atoms with van der Waals surface area (Å²) >= 11 is 9.53. The van der Waals surface area contributed by atoms with E-state index >= 15 is 0 Å². The first-order valence-electron chi connectivity index (χ1n) is 10.8. The minimum absolute atomic E-state index is 0.194. The Morgan fingerprint density at radius 2 is 1.28 bits per heavy atom. The molecule has 0 bridgehead atoms. The Morgan fingerprint density at radius 1 is 0.944 bits per heavy atom. The molecule has 2 aliphatic rings. The van der Waals surface area contributed by atoms with Gasteiger partial charge in [0, 0.05) is 13.1 Å². The summed E-state index contributed by atoms with van der Waals surface area (Å²) in [5.41, 5.74) is 19.6. The van der Waals surface area contributed by atoms with E-state index in [1.54, 1.807) is 4.90 Å². The van der Waals surface area contributed by atoms with Crippen LogP contribution in [0.4, 0.5) is 18.0 Å². The lowest BCUT2D eigenvalue weighted by Gasteiger charge is -2.37. The topological polar surface area (TPSA) is 197 Å². The number of carbonyl (C=O) groups excluding carboxylic acids is 4. The molecule has 0 unspecified atom stereocenters. The maximum atomic E-state index is 11.7. The van der Waals surface area contributed by atoms with Crippen molar-refractivity contribution in [2.45, 2.75) is 69.3 Å². The van der Waals surface area contributed by atoms with Crippen LogP contribution in [0.25, 0.3) is 0 Å². The average molecular weight is 569 g/mol. The molecule has 0 spiro atoms. The number of hydrogen-bond acceptors (Lipinski definition) is 8. The first-order valence-corrected chi connectivity index (χ1v) is 11.8. The van der Waals surface area contributed by atoms with Crippen molar-refractivity contribution in [1.29, 1.82) is 0 Å². The van der Waals surface area contributed by atoms with E-state index in [9.17, 15) is 27.6 Å². The summed E-state index contributed by atoms with van der Waals surface area (Å²) in [6.07, 6.45) is -4.01. The summed E-state index contributed by atoms with van der Waals surface area (Å²) in [6.45, 7) is 7.81. The Bertz CT molecular complexity index is 709. The minimum Gasteiger partial charge on any atom is -0.444 e. The Labute approximate surface area is 218 Å². The van der Waals surface area contributed by atoms with E-state index < -0.39 is 35.0 Å². The van der Waals surface area contributed by atoms with Crippen LogP contribution >= 0.6 is 23.2 Å². The van der Waals surface area contributed by atoms with Gasteiger partial charge in [-0.1, -0.05) is 0 Å². The molecule has 16 heteroatoms. The number of likely N-dealkylation sites (tertiary alicyclic amines) is 1. The molecule has 212 valence electrons. The molecule has 0 aromatic carbocycles. The predicted molar refractivity (Wildman–Crippen MR) is 130 cm³/mol. The molecule has 36 heavy (non-hydrogen) atoms. The third-order valence-corrected chi connectivity index (χ3v) is 4.92. The lowest BCUT2D eigenvalue weighted by Crippen LogP contribution is -2.59. The predicted octanol–water partition coefficient (Wildman–Crippen LogP) is 0.922. The van der Waals surface area contributed by atoms with Crippen molar-refractivity contribution in [3.8, 4) is 0 Å². The van der Waals surface area contributed by atoms with Crippen molar-refractivity contribution < 1.29 is 37.1 Å².